The maximum absolute atomic E-state index is 13.4. The van der Waals surface area contributed by atoms with Gasteiger partial charge in [0, 0.05) is 35.7 Å². The molecular formula is C25H25NO4. The molecular weight excluding hydrogens is 378 g/mol. The summed E-state index contributed by atoms with van der Waals surface area (Å²) in [6.07, 6.45) is 1.44. The number of aryl methyl sites for hydroxylation is 1. The molecule has 0 fully saturated rings. The van der Waals surface area contributed by atoms with Gasteiger partial charge in [-0.3, -0.25) is 14.5 Å². The number of ketones is 1. The fourth-order valence-electron chi connectivity index (χ4n) is 4.82. The molecule has 0 saturated carbocycles. The van der Waals surface area contributed by atoms with Gasteiger partial charge in [0.05, 0.1) is 0 Å². The van der Waals surface area contributed by atoms with E-state index in [-0.39, 0.29) is 36.2 Å². The number of Topliss-reactive ketones (excluding diaryl/α,β-unsaturated/α-hetero) is 1. The van der Waals surface area contributed by atoms with Crippen molar-refractivity contribution in [1.82, 2.24) is 0 Å². The number of hydrogen-bond donors (Lipinski definition) is 0. The van der Waals surface area contributed by atoms with Gasteiger partial charge in [0.2, 0.25) is 12.7 Å². The molecule has 5 heteroatoms. The number of nitrogens with zero attached hydrogens (tertiary/aromatic N) is 1. The van der Waals surface area contributed by atoms with Crippen LogP contribution in [0.2, 0.25) is 0 Å². The van der Waals surface area contributed by atoms with Gasteiger partial charge in [-0.15, -0.1) is 0 Å². The molecule has 0 bridgehead atoms. The van der Waals surface area contributed by atoms with E-state index in [1.165, 1.54) is 0 Å². The third kappa shape index (κ3) is 3.09. The number of hydrogen-bond acceptors (Lipinski definition) is 4. The molecule has 1 unspecified atom stereocenters. The first-order valence-corrected chi connectivity index (χ1v) is 10.4. The van der Waals surface area contributed by atoms with E-state index in [4.69, 9.17) is 9.47 Å². The van der Waals surface area contributed by atoms with E-state index in [1.807, 2.05) is 49.4 Å². The van der Waals surface area contributed by atoms with Gasteiger partial charge in [0.1, 0.15) is 0 Å². The van der Waals surface area contributed by atoms with Crippen LogP contribution in [-0.2, 0) is 9.59 Å². The second-order valence-corrected chi connectivity index (χ2v) is 9.24. The number of fused-ring (bicyclic) bond motifs is 1. The zero-order valence-electron chi connectivity index (χ0n) is 17.5. The first kappa shape index (κ1) is 18.9. The Morgan fingerprint density at radius 3 is 2.47 bits per heavy atom. The normalized spacial score (nSPS) is 22.4. The zero-order valence-corrected chi connectivity index (χ0v) is 17.5. The van der Waals surface area contributed by atoms with Crippen LogP contribution in [0.25, 0.3) is 0 Å². The Hall–Kier alpha value is -3.08. The summed E-state index contributed by atoms with van der Waals surface area (Å²) in [6.45, 7) is 6.41. The van der Waals surface area contributed by atoms with Crippen molar-refractivity contribution in [3.05, 3.63) is 64.9 Å². The number of allylic oxidation sites excluding steroid dienone is 2. The topological polar surface area (TPSA) is 55.8 Å². The SMILES string of the molecule is Cc1ccc(N2C(=O)CC(c3ccc4c(c3)OCO4)C3=C2CC(C)(C)CC3=O)cc1. The van der Waals surface area contributed by atoms with E-state index >= 15 is 0 Å². The van der Waals surface area contributed by atoms with Crippen molar-refractivity contribution < 1.29 is 19.1 Å². The molecule has 5 nitrogen and oxygen atoms in total. The van der Waals surface area contributed by atoms with E-state index in [0.717, 1.165) is 28.1 Å². The van der Waals surface area contributed by atoms with Gasteiger partial charge < -0.3 is 9.47 Å². The second kappa shape index (κ2) is 6.73. The molecule has 2 heterocycles. The Morgan fingerprint density at radius 1 is 0.967 bits per heavy atom. The van der Waals surface area contributed by atoms with Crippen LogP contribution in [0, 0.1) is 12.3 Å². The Morgan fingerprint density at radius 2 is 1.70 bits per heavy atom. The molecule has 1 atom stereocenters. The Labute approximate surface area is 176 Å². The Kier molecular flexibility index (Phi) is 4.24. The van der Waals surface area contributed by atoms with Crippen LogP contribution in [0.5, 0.6) is 11.5 Å². The molecule has 1 aliphatic carbocycles. The summed E-state index contributed by atoms with van der Waals surface area (Å²) in [6, 6.07) is 13.7. The minimum atomic E-state index is -0.257. The van der Waals surface area contributed by atoms with Crippen LogP contribution in [0.3, 0.4) is 0 Å². The number of amides is 1. The van der Waals surface area contributed by atoms with Gasteiger partial charge in [-0.05, 0) is 48.6 Å². The largest absolute Gasteiger partial charge is 0.454 e. The van der Waals surface area contributed by atoms with Gasteiger partial charge in [-0.25, -0.2) is 0 Å². The standard InChI is InChI=1S/C25H25NO4/c1-15-4-7-17(8-5-15)26-19-12-25(2,3)13-20(27)24(19)18(11-23(26)28)16-6-9-21-22(10-16)30-14-29-21/h4-10,18H,11-14H2,1-3H3. The van der Waals surface area contributed by atoms with Gasteiger partial charge in [0.15, 0.2) is 17.3 Å². The predicted octanol–water partition coefficient (Wildman–Crippen LogP) is 4.89. The number of ether oxygens (including phenoxy) is 2. The monoisotopic (exact) mass is 403 g/mol. The minimum absolute atomic E-state index is 0.0192. The summed E-state index contributed by atoms with van der Waals surface area (Å²) in [4.78, 5) is 28.5. The van der Waals surface area contributed by atoms with Gasteiger partial charge >= 0.3 is 0 Å². The number of carbonyl (C=O) groups excluding carboxylic acids is 2. The molecule has 0 aromatic heterocycles. The first-order chi connectivity index (χ1) is 14.3. The number of rotatable bonds is 2. The molecule has 30 heavy (non-hydrogen) atoms. The van der Waals surface area contributed by atoms with Crippen LogP contribution in [-0.4, -0.2) is 18.5 Å². The smallest absolute Gasteiger partial charge is 0.232 e. The third-order valence-corrected chi connectivity index (χ3v) is 6.23. The van der Waals surface area contributed by atoms with Gasteiger partial charge in [0.25, 0.3) is 0 Å². The van der Waals surface area contributed by atoms with E-state index in [0.29, 0.717) is 24.3 Å². The maximum Gasteiger partial charge on any atom is 0.232 e. The van der Waals surface area contributed by atoms with Crippen molar-refractivity contribution in [3.8, 4) is 11.5 Å². The molecule has 0 spiro atoms. The van der Waals surface area contributed by atoms with Crippen LogP contribution >= 0.6 is 0 Å². The highest BCUT2D eigenvalue weighted by atomic mass is 16.7. The second-order valence-electron chi connectivity index (χ2n) is 9.24. The average Bonchev–Trinajstić information content (AvgIpc) is 3.15. The molecule has 3 aliphatic rings. The maximum atomic E-state index is 13.4. The van der Waals surface area contributed by atoms with Crippen LogP contribution in [0.1, 0.15) is 50.2 Å². The molecule has 5 rings (SSSR count). The van der Waals surface area contributed by atoms with Gasteiger partial charge in [-0.2, -0.15) is 0 Å². The van der Waals surface area contributed by atoms with Gasteiger partial charge in [-0.1, -0.05) is 37.6 Å². The van der Waals surface area contributed by atoms with Crippen LogP contribution in [0.4, 0.5) is 5.69 Å². The molecule has 2 aromatic carbocycles. The molecule has 0 saturated heterocycles. The lowest BCUT2D eigenvalue weighted by atomic mass is 9.69. The number of carbonyl (C=O) groups is 2. The summed E-state index contributed by atoms with van der Waals surface area (Å²) in [5, 5.41) is 0. The minimum Gasteiger partial charge on any atom is -0.454 e. The third-order valence-electron chi connectivity index (χ3n) is 6.23. The summed E-state index contributed by atoms with van der Waals surface area (Å²) >= 11 is 0. The summed E-state index contributed by atoms with van der Waals surface area (Å²) < 4.78 is 11.0. The fourth-order valence-corrected chi connectivity index (χ4v) is 4.82. The predicted molar refractivity (Wildman–Crippen MR) is 114 cm³/mol. The number of anilines is 1. The van der Waals surface area contributed by atoms with Crippen molar-refractivity contribution >= 4 is 17.4 Å². The highest BCUT2D eigenvalue weighted by molar-refractivity contribution is 6.07. The summed E-state index contributed by atoms with van der Waals surface area (Å²) in [5.41, 5.74) is 4.32. The highest BCUT2D eigenvalue weighted by Gasteiger charge is 2.44. The fraction of sp³-hybridized carbons (Fsp3) is 0.360. The van der Waals surface area contributed by atoms with Crippen molar-refractivity contribution in [1.29, 1.82) is 0 Å². The summed E-state index contributed by atoms with van der Waals surface area (Å²) in [5.74, 6) is 1.27. The number of benzene rings is 2. The Balaban J connectivity index is 1.65. The lowest BCUT2D eigenvalue weighted by Gasteiger charge is -2.43. The molecule has 1 amide bonds. The molecule has 2 aromatic rings. The summed E-state index contributed by atoms with van der Waals surface area (Å²) in [7, 11) is 0. The van der Waals surface area contributed by atoms with E-state index in [9.17, 15) is 9.59 Å². The van der Waals surface area contributed by atoms with E-state index in [1.54, 1.807) is 4.90 Å². The lowest BCUT2D eigenvalue weighted by molar-refractivity contribution is -0.121. The van der Waals surface area contributed by atoms with Crippen LogP contribution < -0.4 is 14.4 Å². The van der Waals surface area contributed by atoms with Crippen molar-refractivity contribution in [3.63, 3.8) is 0 Å². The average molecular weight is 403 g/mol. The molecule has 2 aliphatic heterocycles. The molecule has 154 valence electrons. The zero-order chi connectivity index (χ0) is 21.0. The first-order valence-electron chi connectivity index (χ1n) is 10.4. The van der Waals surface area contributed by atoms with Crippen molar-refractivity contribution in [2.45, 2.75) is 46.0 Å². The van der Waals surface area contributed by atoms with Crippen LogP contribution in [0.15, 0.2) is 53.7 Å². The Bertz CT molecular complexity index is 1080. The lowest BCUT2D eigenvalue weighted by Crippen LogP contribution is -2.43. The van der Waals surface area contributed by atoms with E-state index in [2.05, 4.69) is 13.8 Å². The van der Waals surface area contributed by atoms with Crippen molar-refractivity contribution in [2.75, 3.05) is 11.7 Å². The highest BCUT2D eigenvalue weighted by Crippen LogP contribution is 2.49. The quantitative estimate of drug-likeness (QED) is 0.717. The molecule has 0 N–H and O–H groups in total. The molecule has 0 radical (unpaired) electrons. The van der Waals surface area contributed by atoms with E-state index < -0.39 is 0 Å². The van der Waals surface area contributed by atoms with Crippen molar-refractivity contribution in [2.24, 2.45) is 5.41 Å².